The molecule has 0 aliphatic rings. The summed E-state index contributed by atoms with van der Waals surface area (Å²) in [6.45, 7) is 1.70. The molecule has 1 aromatic carbocycles. The van der Waals surface area contributed by atoms with Crippen LogP contribution in [0.4, 0.5) is 0 Å². The second-order valence-corrected chi connectivity index (χ2v) is 3.56. The summed E-state index contributed by atoms with van der Waals surface area (Å²) in [5, 5.41) is 10.5. The first-order valence-corrected chi connectivity index (χ1v) is 4.70. The SMILES string of the molecule is C[C@@H](O)[C@H](N)c1c[nH]c2ccccc12. The third-order valence-corrected chi connectivity index (χ3v) is 2.50. The van der Waals surface area contributed by atoms with Crippen molar-refractivity contribution < 1.29 is 5.11 Å². The summed E-state index contributed by atoms with van der Waals surface area (Å²) < 4.78 is 0. The van der Waals surface area contributed by atoms with Gasteiger partial charge in [0.25, 0.3) is 0 Å². The fraction of sp³-hybridized carbons (Fsp3) is 0.273. The zero-order valence-electron chi connectivity index (χ0n) is 8.07. The zero-order chi connectivity index (χ0) is 10.1. The minimum atomic E-state index is -0.533. The van der Waals surface area contributed by atoms with Crippen LogP contribution in [-0.4, -0.2) is 16.2 Å². The van der Waals surface area contributed by atoms with Gasteiger partial charge in [0.1, 0.15) is 0 Å². The lowest BCUT2D eigenvalue weighted by atomic mass is 10.0. The molecule has 74 valence electrons. The van der Waals surface area contributed by atoms with Crippen molar-refractivity contribution in [1.82, 2.24) is 4.98 Å². The Bertz CT molecular complexity index is 434. The number of nitrogens with one attached hydrogen (secondary N) is 1. The summed E-state index contributed by atoms with van der Waals surface area (Å²) in [5.74, 6) is 0. The summed E-state index contributed by atoms with van der Waals surface area (Å²) in [5.41, 5.74) is 7.90. The second kappa shape index (κ2) is 3.44. The minimum absolute atomic E-state index is 0.328. The van der Waals surface area contributed by atoms with E-state index in [-0.39, 0.29) is 6.04 Å². The highest BCUT2D eigenvalue weighted by molar-refractivity contribution is 5.83. The molecule has 0 bridgehead atoms. The molecule has 1 heterocycles. The van der Waals surface area contributed by atoms with Crippen LogP contribution >= 0.6 is 0 Å². The molecule has 0 amide bonds. The molecule has 4 N–H and O–H groups in total. The van der Waals surface area contributed by atoms with Gasteiger partial charge < -0.3 is 15.8 Å². The van der Waals surface area contributed by atoms with E-state index < -0.39 is 6.10 Å². The first kappa shape index (κ1) is 9.24. The number of nitrogens with two attached hydrogens (primary N) is 1. The molecule has 0 aliphatic carbocycles. The number of aliphatic hydroxyl groups is 1. The lowest BCUT2D eigenvalue weighted by molar-refractivity contribution is 0.165. The minimum Gasteiger partial charge on any atom is -0.391 e. The van der Waals surface area contributed by atoms with Crippen LogP contribution in [-0.2, 0) is 0 Å². The van der Waals surface area contributed by atoms with Gasteiger partial charge >= 0.3 is 0 Å². The molecule has 0 unspecified atom stereocenters. The van der Waals surface area contributed by atoms with E-state index in [0.29, 0.717) is 0 Å². The Morgan fingerprint density at radius 2 is 2.07 bits per heavy atom. The number of rotatable bonds is 2. The third-order valence-electron chi connectivity index (χ3n) is 2.50. The molecule has 2 rings (SSSR count). The van der Waals surface area contributed by atoms with E-state index in [1.807, 2.05) is 30.5 Å². The average Bonchev–Trinajstić information content (AvgIpc) is 2.60. The van der Waals surface area contributed by atoms with E-state index in [2.05, 4.69) is 4.98 Å². The maximum Gasteiger partial charge on any atom is 0.0705 e. The van der Waals surface area contributed by atoms with Crippen LogP contribution < -0.4 is 5.73 Å². The third kappa shape index (κ3) is 1.41. The molecule has 1 aromatic heterocycles. The van der Waals surface area contributed by atoms with E-state index in [1.165, 1.54) is 0 Å². The quantitative estimate of drug-likeness (QED) is 0.672. The highest BCUT2D eigenvalue weighted by atomic mass is 16.3. The van der Waals surface area contributed by atoms with Crippen molar-refractivity contribution in [2.45, 2.75) is 19.1 Å². The normalized spacial score (nSPS) is 15.6. The van der Waals surface area contributed by atoms with Crippen molar-refractivity contribution in [2.24, 2.45) is 5.73 Å². The van der Waals surface area contributed by atoms with Gasteiger partial charge in [0, 0.05) is 17.1 Å². The number of aromatic nitrogens is 1. The summed E-state index contributed by atoms with van der Waals surface area (Å²) in [6.07, 6.45) is 1.33. The molecule has 14 heavy (non-hydrogen) atoms. The van der Waals surface area contributed by atoms with Gasteiger partial charge in [0.15, 0.2) is 0 Å². The Morgan fingerprint density at radius 3 is 2.79 bits per heavy atom. The molecule has 3 nitrogen and oxygen atoms in total. The van der Waals surface area contributed by atoms with Gasteiger partial charge in [-0.2, -0.15) is 0 Å². The van der Waals surface area contributed by atoms with Crippen molar-refractivity contribution in [3.05, 3.63) is 36.0 Å². The summed E-state index contributed by atoms with van der Waals surface area (Å²) in [7, 11) is 0. The molecule has 0 fully saturated rings. The Hall–Kier alpha value is -1.32. The Kier molecular flexibility index (Phi) is 2.27. The molecule has 3 heteroatoms. The Morgan fingerprint density at radius 1 is 1.36 bits per heavy atom. The molecular weight excluding hydrogens is 176 g/mol. The summed E-state index contributed by atoms with van der Waals surface area (Å²) >= 11 is 0. The summed E-state index contributed by atoms with van der Waals surface area (Å²) in [4.78, 5) is 3.13. The lowest BCUT2D eigenvalue weighted by Gasteiger charge is -2.13. The van der Waals surface area contributed by atoms with E-state index in [9.17, 15) is 5.11 Å². The largest absolute Gasteiger partial charge is 0.391 e. The van der Waals surface area contributed by atoms with Gasteiger partial charge in [-0.05, 0) is 18.6 Å². The number of fused-ring (bicyclic) bond motifs is 1. The predicted octanol–water partition coefficient (Wildman–Crippen LogP) is 1.55. The molecule has 0 radical (unpaired) electrons. The number of H-pyrrole nitrogens is 1. The molecule has 2 atom stereocenters. The second-order valence-electron chi connectivity index (χ2n) is 3.56. The smallest absolute Gasteiger partial charge is 0.0705 e. The number of hydrogen-bond donors (Lipinski definition) is 3. The van der Waals surface area contributed by atoms with Crippen LogP contribution in [0.3, 0.4) is 0 Å². The van der Waals surface area contributed by atoms with Crippen molar-refractivity contribution in [1.29, 1.82) is 0 Å². The van der Waals surface area contributed by atoms with Crippen LogP contribution in [0.25, 0.3) is 10.9 Å². The van der Waals surface area contributed by atoms with Crippen molar-refractivity contribution in [3.63, 3.8) is 0 Å². The molecule has 0 aliphatic heterocycles. The number of hydrogen-bond acceptors (Lipinski definition) is 2. The van der Waals surface area contributed by atoms with Gasteiger partial charge in [-0.15, -0.1) is 0 Å². The fourth-order valence-corrected chi connectivity index (χ4v) is 1.63. The van der Waals surface area contributed by atoms with E-state index >= 15 is 0 Å². The monoisotopic (exact) mass is 190 g/mol. The maximum absolute atomic E-state index is 9.41. The van der Waals surface area contributed by atoms with E-state index in [0.717, 1.165) is 16.5 Å². The fourth-order valence-electron chi connectivity index (χ4n) is 1.63. The standard InChI is InChI=1S/C11H14N2O/c1-7(14)11(12)9-6-13-10-5-3-2-4-8(9)10/h2-7,11,13-14H,12H2,1H3/t7-,11+/m1/s1. The predicted molar refractivity (Wildman–Crippen MR) is 56.9 cm³/mol. The molecule has 0 saturated heterocycles. The maximum atomic E-state index is 9.41. The van der Waals surface area contributed by atoms with Crippen LogP contribution in [0.2, 0.25) is 0 Å². The van der Waals surface area contributed by atoms with Gasteiger partial charge in [-0.1, -0.05) is 18.2 Å². The van der Waals surface area contributed by atoms with Gasteiger partial charge in [0.05, 0.1) is 12.1 Å². The number of benzene rings is 1. The Balaban J connectivity index is 2.53. The van der Waals surface area contributed by atoms with Crippen LogP contribution in [0.1, 0.15) is 18.5 Å². The highest BCUT2D eigenvalue weighted by Gasteiger charge is 2.15. The molecular formula is C11H14N2O. The van der Waals surface area contributed by atoms with Crippen molar-refractivity contribution in [2.75, 3.05) is 0 Å². The number of aromatic amines is 1. The summed E-state index contributed by atoms with van der Waals surface area (Å²) in [6, 6.07) is 7.60. The van der Waals surface area contributed by atoms with Crippen molar-refractivity contribution >= 4 is 10.9 Å². The lowest BCUT2D eigenvalue weighted by Crippen LogP contribution is -2.22. The molecule has 0 saturated carbocycles. The Labute approximate surface area is 82.6 Å². The zero-order valence-corrected chi connectivity index (χ0v) is 8.07. The molecule has 2 aromatic rings. The topological polar surface area (TPSA) is 62.0 Å². The highest BCUT2D eigenvalue weighted by Crippen LogP contribution is 2.24. The van der Waals surface area contributed by atoms with Crippen molar-refractivity contribution in [3.8, 4) is 0 Å². The van der Waals surface area contributed by atoms with Gasteiger partial charge in [-0.25, -0.2) is 0 Å². The number of para-hydroxylation sites is 1. The first-order valence-electron chi connectivity index (χ1n) is 4.70. The van der Waals surface area contributed by atoms with E-state index in [4.69, 9.17) is 5.73 Å². The van der Waals surface area contributed by atoms with Gasteiger partial charge in [0.2, 0.25) is 0 Å². The number of aliphatic hydroxyl groups excluding tert-OH is 1. The van der Waals surface area contributed by atoms with Crippen LogP contribution in [0, 0.1) is 0 Å². The first-order chi connectivity index (χ1) is 6.70. The van der Waals surface area contributed by atoms with E-state index in [1.54, 1.807) is 6.92 Å². The van der Waals surface area contributed by atoms with Crippen LogP contribution in [0.5, 0.6) is 0 Å². The molecule has 0 spiro atoms. The van der Waals surface area contributed by atoms with Crippen LogP contribution in [0.15, 0.2) is 30.5 Å². The average molecular weight is 190 g/mol. The van der Waals surface area contributed by atoms with Gasteiger partial charge in [-0.3, -0.25) is 0 Å².